The smallest absolute Gasteiger partial charge is 0.270 e. The lowest BCUT2D eigenvalue weighted by molar-refractivity contribution is -0.128. The Morgan fingerprint density at radius 2 is 1.87 bits per heavy atom. The van der Waals surface area contributed by atoms with E-state index in [1.807, 2.05) is 20.8 Å². The van der Waals surface area contributed by atoms with E-state index >= 15 is 0 Å². The first-order valence-electron chi connectivity index (χ1n) is 10.3. The molecule has 0 spiro atoms. The van der Waals surface area contributed by atoms with Gasteiger partial charge in [0.05, 0.1) is 5.69 Å². The van der Waals surface area contributed by atoms with E-state index < -0.39 is 29.0 Å². The van der Waals surface area contributed by atoms with E-state index in [-0.39, 0.29) is 17.5 Å². The highest BCUT2D eigenvalue weighted by Gasteiger charge is 2.41. The number of nitrogens with one attached hydrogen (secondary N) is 3. The molecule has 1 aliphatic heterocycles. The third kappa shape index (κ3) is 5.10. The molecule has 0 bridgehead atoms. The van der Waals surface area contributed by atoms with Crippen LogP contribution in [0.3, 0.4) is 0 Å². The SMILES string of the molecule is Cn1nc(C(C)(C)C)cc1C(=O)NC1(C(=O)NCc2ccc(F)cc2F)CCNCC1. The lowest BCUT2D eigenvalue weighted by Gasteiger charge is -2.37. The van der Waals surface area contributed by atoms with Crippen molar-refractivity contribution in [3.63, 3.8) is 0 Å². The Labute approximate surface area is 180 Å². The van der Waals surface area contributed by atoms with Crippen molar-refractivity contribution < 1.29 is 18.4 Å². The highest BCUT2D eigenvalue weighted by molar-refractivity contribution is 5.98. The summed E-state index contributed by atoms with van der Waals surface area (Å²) in [5, 5.41) is 13.2. The van der Waals surface area contributed by atoms with Crippen LogP contribution in [0.25, 0.3) is 0 Å². The summed E-state index contributed by atoms with van der Waals surface area (Å²) >= 11 is 0. The largest absolute Gasteiger partial charge is 0.350 e. The summed E-state index contributed by atoms with van der Waals surface area (Å²) in [7, 11) is 1.69. The van der Waals surface area contributed by atoms with Crippen molar-refractivity contribution in [3.05, 3.63) is 52.9 Å². The fourth-order valence-electron chi connectivity index (χ4n) is 3.60. The Balaban J connectivity index is 1.78. The number of amides is 2. The number of rotatable bonds is 5. The van der Waals surface area contributed by atoms with Gasteiger partial charge in [0.2, 0.25) is 5.91 Å². The van der Waals surface area contributed by atoms with Crippen LogP contribution in [0.15, 0.2) is 24.3 Å². The van der Waals surface area contributed by atoms with Gasteiger partial charge in [0.25, 0.3) is 5.91 Å². The molecular formula is C22H29F2N5O2. The molecule has 0 aliphatic carbocycles. The van der Waals surface area contributed by atoms with Crippen LogP contribution >= 0.6 is 0 Å². The second-order valence-corrected chi connectivity index (χ2v) is 8.99. The molecule has 3 N–H and O–H groups in total. The van der Waals surface area contributed by atoms with Gasteiger partial charge in [-0.3, -0.25) is 14.3 Å². The molecule has 7 nitrogen and oxygen atoms in total. The summed E-state index contributed by atoms with van der Waals surface area (Å²) < 4.78 is 28.6. The van der Waals surface area contributed by atoms with E-state index in [1.165, 1.54) is 10.7 Å². The van der Waals surface area contributed by atoms with Crippen molar-refractivity contribution in [2.75, 3.05) is 13.1 Å². The van der Waals surface area contributed by atoms with Crippen molar-refractivity contribution >= 4 is 11.8 Å². The van der Waals surface area contributed by atoms with E-state index in [1.54, 1.807) is 13.1 Å². The first-order chi connectivity index (χ1) is 14.5. The molecule has 168 valence electrons. The van der Waals surface area contributed by atoms with E-state index in [0.29, 0.717) is 31.6 Å². The van der Waals surface area contributed by atoms with Gasteiger partial charge in [0, 0.05) is 30.6 Å². The summed E-state index contributed by atoms with van der Waals surface area (Å²) in [4.78, 5) is 26.2. The quantitative estimate of drug-likeness (QED) is 0.674. The Kier molecular flexibility index (Phi) is 6.45. The third-order valence-corrected chi connectivity index (χ3v) is 5.58. The monoisotopic (exact) mass is 433 g/mol. The average molecular weight is 434 g/mol. The molecule has 0 atom stereocenters. The van der Waals surface area contributed by atoms with Crippen LogP contribution in [-0.2, 0) is 23.8 Å². The summed E-state index contributed by atoms with van der Waals surface area (Å²) in [6.45, 7) is 7.03. The Morgan fingerprint density at radius 3 is 2.45 bits per heavy atom. The maximum absolute atomic E-state index is 13.9. The van der Waals surface area contributed by atoms with Crippen molar-refractivity contribution in [2.45, 2.75) is 51.1 Å². The van der Waals surface area contributed by atoms with Crippen molar-refractivity contribution in [1.82, 2.24) is 25.7 Å². The summed E-state index contributed by atoms with van der Waals surface area (Å²) in [5.41, 5.74) is -0.0489. The van der Waals surface area contributed by atoms with Gasteiger partial charge < -0.3 is 16.0 Å². The Hall–Kier alpha value is -2.81. The molecule has 9 heteroatoms. The van der Waals surface area contributed by atoms with Crippen LogP contribution in [0.5, 0.6) is 0 Å². The zero-order valence-corrected chi connectivity index (χ0v) is 18.3. The predicted molar refractivity (Wildman–Crippen MR) is 112 cm³/mol. The Bertz CT molecular complexity index is 975. The second-order valence-electron chi connectivity index (χ2n) is 8.99. The molecule has 2 heterocycles. The number of nitrogens with zero attached hydrogens (tertiary/aromatic N) is 2. The number of hydrogen-bond donors (Lipinski definition) is 3. The molecule has 1 fully saturated rings. The summed E-state index contributed by atoms with van der Waals surface area (Å²) in [6.07, 6.45) is 0.779. The van der Waals surface area contributed by atoms with Crippen LogP contribution in [0.1, 0.15) is 55.4 Å². The minimum absolute atomic E-state index is 0.101. The van der Waals surface area contributed by atoms with E-state index in [0.717, 1.165) is 17.8 Å². The molecular weight excluding hydrogens is 404 g/mol. The number of piperidine rings is 1. The van der Waals surface area contributed by atoms with Gasteiger partial charge in [0.1, 0.15) is 22.9 Å². The molecule has 0 unspecified atom stereocenters. The van der Waals surface area contributed by atoms with Crippen molar-refractivity contribution in [1.29, 1.82) is 0 Å². The first-order valence-corrected chi connectivity index (χ1v) is 10.3. The number of aromatic nitrogens is 2. The molecule has 1 aromatic heterocycles. The van der Waals surface area contributed by atoms with Crippen molar-refractivity contribution in [2.24, 2.45) is 7.05 Å². The van der Waals surface area contributed by atoms with Gasteiger partial charge in [-0.25, -0.2) is 8.78 Å². The standard InChI is InChI=1S/C22H29F2N5O2/c1-21(2,3)18-12-17(29(4)28-18)19(30)27-22(7-9-25-10-8-22)20(31)26-13-14-5-6-15(23)11-16(14)24/h5-6,11-12,25H,7-10,13H2,1-4H3,(H,26,31)(H,27,30). The molecule has 1 saturated heterocycles. The van der Waals surface area contributed by atoms with Gasteiger partial charge in [0.15, 0.2) is 0 Å². The molecule has 2 amide bonds. The lowest BCUT2D eigenvalue weighted by Crippen LogP contribution is -2.62. The third-order valence-electron chi connectivity index (χ3n) is 5.58. The fourth-order valence-corrected chi connectivity index (χ4v) is 3.60. The zero-order chi connectivity index (χ0) is 22.8. The van der Waals surface area contributed by atoms with E-state index in [2.05, 4.69) is 21.0 Å². The molecule has 0 radical (unpaired) electrons. The molecule has 1 aromatic carbocycles. The van der Waals surface area contributed by atoms with E-state index in [4.69, 9.17) is 0 Å². The summed E-state index contributed by atoms with van der Waals surface area (Å²) in [5.74, 6) is -2.20. The first kappa shape index (κ1) is 22.9. The van der Waals surface area contributed by atoms with Gasteiger partial charge in [-0.05, 0) is 38.1 Å². The number of hydrogen-bond acceptors (Lipinski definition) is 4. The zero-order valence-electron chi connectivity index (χ0n) is 18.3. The highest BCUT2D eigenvalue weighted by Crippen LogP contribution is 2.23. The van der Waals surface area contributed by atoms with Gasteiger partial charge in [-0.2, -0.15) is 5.10 Å². The van der Waals surface area contributed by atoms with Crippen LogP contribution in [0, 0.1) is 11.6 Å². The number of benzene rings is 1. The lowest BCUT2D eigenvalue weighted by atomic mass is 9.86. The second kappa shape index (κ2) is 8.74. The predicted octanol–water partition coefficient (Wildman–Crippen LogP) is 2.16. The topological polar surface area (TPSA) is 88.0 Å². The van der Waals surface area contributed by atoms with Crippen LogP contribution in [0.2, 0.25) is 0 Å². The number of carbonyl (C=O) groups excluding carboxylic acids is 2. The summed E-state index contributed by atoms with van der Waals surface area (Å²) in [6, 6.07) is 4.94. The normalized spacial score (nSPS) is 16.1. The van der Waals surface area contributed by atoms with Gasteiger partial charge in [-0.1, -0.05) is 26.8 Å². The molecule has 1 aliphatic rings. The number of aryl methyl sites for hydroxylation is 1. The van der Waals surface area contributed by atoms with Gasteiger partial charge >= 0.3 is 0 Å². The molecule has 3 rings (SSSR count). The minimum Gasteiger partial charge on any atom is -0.350 e. The fraction of sp³-hybridized carbons (Fsp3) is 0.500. The average Bonchev–Trinajstić information content (AvgIpc) is 3.10. The maximum Gasteiger partial charge on any atom is 0.270 e. The van der Waals surface area contributed by atoms with Crippen LogP contribution < -0.4 is 16.0 Å². The Morgan fingerprint density at radius 1 is 1.19 bits per heavy atom. The highest BCUT2D eigenvalue weighted by atomic mass is 19.1. The van der Waals surface area contributed by atoms with E-state index in [9.17, 15) is 18.4 Å². The molecule has 0 saturated carbocycles. The van der Waals surface area contributed by atoms with Crippen LogP contribution in [0.4, 0.5) is 8.78 Å². The van der Waals surface area contributed by atoms with Gasteiger partial charge in [-0.15, -0.1) is 0 Å². The maximum atomic E-state index is 13.9. The number of carbonyl (C=O) groups is 2. The molecule has 31 heavy (non-hydrogen) atoms. The van der Waals surface area contributed by atoms with Crippen LogP contribution in [-0.4, -0.2) is 40.2 Å². The number of halogens is 2. The van der Waals surface area contributed by atoms with Crippen molar-refractivity contribution in [3.8, 4) is 0 Å². The minimum atomic E-state index is -1.13. The molecule has 2 aromatic rings.